The number of hydrogen-bond donors (Lipinski definition) is 0. The van der Waals surface area contributed by atoms with E-state index in [1.807, 2.05) is 68.7 Å². The number of ether oxygens (including phenoxy) is 3. The van der Waals surface area contributed by atoms with Gasteiger partial charge in [0.25, 0.3) is 0 Å². The lowest BCUT2D eigenvalue weighted by atomic mass is 9.89. The maximum absolute atomic E-state index is 14.1. The third kappa shape index (κ3) is 4.50. The molecule has 0 spiro atoms. The molecule has 4 rings (SSSR count). The van der Waals surface area contributed by atoms with Crippen LogP contribution in [0.1, 0.15) is 39.0 Å². The second-order valence-corrected chi connectivity index (χ2v) is 8.98. The number of rotatable bonds is 6. The van der Waals surface area contributed by atoms with Gasteiger partial charge in [0.1, 0.15) is 23.9 Å². The van der Waals surface area contributed by atoms with Crippen molar-refractivity contribution in [1.29, 1.82) is 0 Å². The number of benzene rings is 2. The van der Waals surface area contributed by atoms with E-state index in [1.165, 1.54) is 12.1 Å². The third-order valence-electron chi connectivity index (χ3n) is 5.68. The van der Waals surface area contributed by atoms with Gasteiger partial charge in [0.2, 0.25) is 0 Å². The molecule has 0 aliphatic carbocycles. The maximum atomic E-state index is 14.1. The highest BCUT2D eigenvalue weighted by molar-refractivity contribution is 5.87. The van der Waals surface area contributed by atoms with Crippen LogP contribution in [0.4, 0.5) is 4.39 Å². The van der Waals surface area contributed by atoms with Crippen LogP contribution < -0.4 is 0 Å². The van der Waals surface area contributed by atoms with E-state index in [0.717, 1.165) is 16.6 Å². The molecule has 0 radical (unpaired) electrons. The van der Waals surface area contributed by atoms with Gasteiger partial charge in [-0.3, -0.25) is 4.79 Å². The summed E-state index contributed by atoms with van der Waals surface area (Å²) in [5.41, 5.74) is 1.44. The molecule has 1 aromatic heterocycles. The molecule has 31 heavy (non-hydrogen) atoms. The molecule has 0 N–H and O–H groups in total. The number of esters is 1. The van der Waals surface area contributed by atoms with Crippen LogP contribution in [-0.4, -0.2) is 29.0 Å². The van der Waals surface area contributed by atoms with E-state index >= 15 is 0 Å². The van der Waals surface area contributed by atoms with Crippen molar-refractivity contribution in [2.45, 2.75) is 58.2 Å². The molecule has 5 nitrogen and oxygen atoms in total. The molecule has 1 saturated heterocycles. The Hall–Kier alpha value is -2.70. The predicted octanol–water partition coefficient (Wildman–Crippen LogP) is 4.95. The van der Waals surface area contributed by atoms with Gasteiger partial charge < -0.3 is 18.8 Å². The van der Waals surface area contributed by atoms with E-state index in [1.54, 1.807) is 6.07 Å². The largest absolute Gasteiger partial charge is 0.460 e. The molecule has 2 heterocycles. The topological polar surface area (TPSA) is 49.7 Å². The lowest BCUT2D eigenvalue weighted by Gasteiger charge is -2.26. The lowest BCUT2D eigenvalue weighted by molar-refractivity contribution is -0.151. The van der Waals surface area contributed by atoms with Crippen LogP contribution in [0.5, 0.6) is 0 Å². The van der Waals surface area contributed by atoms with Gasteiger partial charge in [-0.2, -0.15) is 0 Å². The molecular formula is C25H28FNO4. The minimum absolute atomic E-state index is 0.200. The number of halogens is 1. The Morgan fingerprint density at radius 3 is 2.61 bits per heavy atom. The number of fused-ring (bicyclic) bond motifs is 1. The zero-order valence-electron chi connectivity index (χ0n) is 18.4. The zero-order valence-corrected chi connectivity index (χ0v) is 18.4. The van der Waals surface area contributed by atoms with Crippen molar-refractivity contribution < 1.29 is 23.4 Å². The molecule has 1 fully saturated rings. The highest BCUT2D eigenvalue weighted by Gasteiger charge is 2.38. The fraction of sp³-hybridized carbons (Fsp3) is 0.400. The minimum atomic E-state index is -0.945. The molecule has 1 aliphatic heterocycles. The summed E-state index contributed by atoms with van der Waals surface area (Å²) < 4.78 is 33.3. The van der Waals surface area contributed by atoms with Crippen LogP contribution in [0.3, 0.4) is 0 Å². The summed E-state index contributed by atoms with van der Waals surface area (Å²) in [6.07, 6.45) is -0.205. The first-order valence-electron chi connectivity index (χ1n) is 10.5. The summed E-state index contributed by atoms with van der Waals surface area (Å²) in [6, 6.07) is 16.1. The Bertz CT molecular complexity index is 1090. The highest BCUT2D eigenvalue weighted by Crippen LogP contribution is 2.33. The monoisotopic (exact) mass is 425 g/mol. The standard InChI is InChI=1S/C25H28FNO4/c1-24(2,23(28)29-15-17-8-6-5-7-9-17)22-12-18-10-11-19(26)13-21(18)27(22)14-20-16-30-25(3,4)31-20/h5-13,20H,14-16H2,1-4H3. The number of aromatic nitrogens is 1. The molecule has 0 amide bonds. The van der Waals surface area contributed by atoms with Crippen molar-refractivity contribution in [2.24, 2.45) is 0 Å². The summed E-state index contributed by atoms with van der Waals surface area (Å²) in [5, 5.41) is 0.860. The smallest absolute Gasteiger partial charge is 0.317 e. The first-order chi connectivity index (χ1) is 14.7. The lowest BCUT2D eigenvalue weighted by Crippen LogP contribution is -2.35. The molecular weight excluding hydrogens is 397 g/mol. The van der Waals surface area contributed by atoms with Crippen LogP contribution in [0.25, 0.3) is 10.9 Å². The number of nitrogens with zero attached hydrogens (tertiary/aromatic N) is 1. The second-order valence-electron chi connectivity index (χ2n) is 8.98. The van der Waals surface area contributed by atoms with E-state index < -0.39 is 11.2 Å². The van der Waals surface area contributed by atoms with Gasteiger partial charge in [-0.25, -0.2) is 4.39 Å². The van der Waals surface area contributed by atoms with E-state index in [4.69, 9.17) is 14.2 Å². The van der Waals surface area contributed by atoms with Crippen molar-refractivity contribution in [3.63, 3.8) is 0 Å². The molecule has 1 aliphatic rings. The third-order valence-corrected chi connectivity index (χ3v) is 5.68. The van der Waals surface area contributed by atoms with E-state index in [0.29, 0.717) is 18.7 Å². The van der Waals surface area contributed by atoms with E-state index in [-0.39, 0.29) is 24.5 Å². The van der Waals surface area contributed by atoms with Crippen molar-refractivity contribution >= 4 is 16.9 Å². The number of carbonyl (C=O) groups excluding carboxylic acids is 1. The van der Waals surface area contributed by atoms with Crippen LogP contribution in [0, 0.1) is 5.82 Å². The van der Waals surface area contributed by atoms with Crippen LogP contribution in [-0.2, 0) is 37.6 Å². The first kappa shape index (κ1) is 21.5. The highest BCUT2D eigenvalue weighted by atomic mass is 19.1. The minimum Gasteiger partial charge on any atom is -0.460 e. The van der Waals surface area contributed by atoms with E-state index in [9.17, 15) is 9.18 Å². The van der Waals surface area contributed by atoms with Crippen molar-refractivity contribution in [3.8, 4) is 0 Å². The molecule has 2 aromatic carbocycles. The van der Waals surface area contributed by atoms with Gasteiger partial charge in [-0.1, -0.05) is 30.3 Å². The summed E-state index contributed by atoms with van der Waals surface area (Å²) in [6.45, 7) is 8.47. The Kier molecular flexibility index (Phi) is 5.62. The Balaban J connectivity index is 1.65. The van der Waals surface area contributed by atoms with Gasteiger partial charge >= 0.3 is 5.97 Å². The molecule has 0 bridgehead atoms. The van der Waals surface area contributed by atoms with Gasteiger partial charge in [0.05, 0.1) is 18.7 Å². The van der Waals surface area contributed by atoms with Crippen molar-refractivity contribution in [3.05, 3.63) is 71.7 Å². The van der Waals surface area contributed by atoms with Crippen LogP contribution in [0.2, 0.25) is 0 Å². The van der Waals surface area contributed by atoms with Gasteiger partial charge in [0.15, 0.2) is 5.79 Å². The summed E-state index contributed by atoms with van der Waals surface area (Å²) in [7, 11) is 0. The normalized spacial score (nSPS) is 18.4. The quantitative estimate of drug-likeness (QED) is 0.524. The summed E-state index contributed by atoms with van der Waals surface area (Å²) in [4.78, 5) is 13.1. The van der Waals surface area contributed by atoms with Gasteiger partial charge in [0, 0.05) is 11.1 Å². The molecule has 164 valence electrons. The molecule has 1 unspecified atom stereocenters. The number of carbonyl (C=O) groups is 1. The SMILES string of the molecule is CC1(C)OCC(Cn2c(C(C)(C)C(=O)OCc3ccccc3)cc3ccc(F)cc32)O1. The predicted molar refractivity (Wildman–Crippen MR) is 116 cm³/mol. The fourth-order valence-electron chi connectivity index (χ4n) is 4.01. The first-order valence-corrected chi connectivity index (χ1v) is 10.5. The average molecular weight is 426 g/mol. The second kappa shape index (κ2) is 8.09. The van der Waals surface area contributed by atoms with Crippen molar-refractivity contribution in [1.82, 2.24) is 4.57 Å². The molecule has 3 aromatic rings. The van der Waals surface area contributed by atoms with Crippen LogP contribution >= 0.6 is 0 Å². The Morgan fingerprint density at radius 2 is 1.94 bits per heavy atom. The maximum Gasteiger partial charge on any atom is 0.317 e. The summed E-state index contributed by atoms with van der Waals surface area (Å²) in [5.74, 6) is -1.33. The zero-order chi connectivity index (χ0) is 22.2. The number of hydrogen-bond acceptors (Lipinski definition) is 4. The molecule has 1 atom stereocenters. The molecule has 0 saturated carbocycles. The molecule has 6 heteroatoms. The van der Waals surface area contributed by atoms with Gasteiger partial charge in [-0.15, -0.1) is 0 Å². The van der Waals surface area contributed by atoms with E-state index in [2.05, 4.69) is 0 Å². The summed E-state index contributed by atoms with van der Waals surface area (Å²) >= 11 is 0. The Morgan fingerprint density at radius 1 is 1.19 bits per heavy atom. The van der Waals surface area contributed by atoms with Gasteiger partial charge in [-0.05, 0) is 57.5 Å². The van der Waals surface area contributed by atoms with Crippen LogP contribution in [0.15, 0.2) is 54.6 Å². The van der Waals surface area contributed by atoms with Crippen molar-refractivity contribution in [2.75, 3.05) is 6.61 Å². The Labute approximate surface area is 181 Å². The average Bonchev–Trinajstić information content (AvgIpc) is 3.26. The fourth-order valence-corrected chi connectivity index (χ4v) is 4.01.